The van der Waals surface area contributed by atoms with Gasteiger partial charge in [0, 0.05) is 11.8 Å². The number of aryl methyl sites for hydroxylation is 1. The van der Waals surface area contributed by atoms with E-state index in [0.29, 0.717) is 17.6 Å². The van der Waals surface area contributed by atoms with Gasteiger partial charge in [0.15, 0.2) is 0 Å². The van der Waals surface area contributed by atoms with Gasteiger partial charge in [0.1, 0.15) is 11.5 Å². The van der Waals surface area contributed by atoms with Gasteiger partial charge in [-0.15, -0.1) is 0 Å². The molecule has 22 heavy (non-hydrogen) atoms. The Kier molecular flexibility index (Phi) is 3.32. The number of Topliss-reactive ketones (excluding diaryl/α,β-unsaturated/α-hetero) is 1. The van der Waals surface area contributed by atoms with Crippen LogP contribution in [-0.2, 0) is 11.2 Å². The van der Waals surface area contributed by atoms with Crippen molar-refractivity contribution in [1.29, 1.82) is 0 Å². The summed E-state index contributed by atoms with van der Waals surface area (Å²) >= 11 is 0. The second-order valence-corrected chi connectivity index (χ2v) is 7.49. The molecular weight excluding hydrogens is 272 g/mol. The van der Waals surface area contributed by atoms with Crippen molar-refractivity contribution in [1.82, 2.24) is 0 Å². The quantitative estimate of drug-likeness (QED) is 0.803. The van der Waals surface area contributed by atoms with Crippen LogP contribution >= 0.6 is 0 Å². The van der Waals surface area contributed by atoms with E-state index in [1.807, 2.05) is 0 Å². The molecule has 2 heteroatoms. The van der Waals surface area contributed by atoms with E-state index in [2.05, 4.69) is 25.1 Å². The fourth-order valence-electron chi connectivity index (χ4n) is 5.91. The summed E-state index contributed by atoms with van der Waals surface area (Å²) in [6.07, 6.45) is 7.73. The first-order chi connectivity index (χ1) is 10.7. The monoisotopic (exact) mass is 298 g/mol. The Bertz CT molecular complexity index is 606. The molecule has 0 aromatic heterocycles. The number of benzene rings is 1. The molecule has 0 heterocycles. The summed E-state index contributed by atoms with van der Waals surface area (Å²) in [5, 5.41) is 0. The molecule has 2 nitrogen and oxygen atoms in total. The maximum Gasteiger partial charge on any atom is 0.139 e. The Balaban J connectivity index is 1.70. The molecular formula is C20H26O2. The summed E-state index contributed by atoms with van der Waals surface area (Å²) in [4.78, 5) is 12.5. The minimum absolute atomic E-state index is 0.0329. The number of ether oxygens (including phenoxy) is 1. The molecule has 4 atom stereocenters. The first-order valence-corrected chi connectivity index (χ1v) is 8.89. The predicted octanol–water partition coefficient (Wildman–Crippen LogP) is 4.51. The maximum absolute atomic E-state index is 12.5. The van der Waals surface area contributed by atoms with Crippen LogP contribution in [-0.4, -0.2) is 12.9 Å². The normalized spacial score (nSPS) is 36.5. The second kappa shape index (κ2) is 5.11. The molecule has 4 rings (SSSR count). The number of carbonyl (C=O) groups is 1. The lowest BCUT2D eigenvalue weighted by Crippen LogP contribution is -2.44. The van der Waals surface area contributed by atoms with E-state index in [1.165, 1.54) is 18.4 Å². The van der Waals surface area contributed by atoms with Crippen molar-refractivity contribution in [2.45, 2.75) is 57.8 Å². The molecule has 0 aliphatic heterocycles. The van der Waals surface area contributed by atoms with Crippen LogP contribution in [0.1, 0.15) is 62.5 Å². The van der Waals surface area contributed by atoms with Crippen LogP contribution in [0.3, 0.4) is 0 Å². The van der Waals surface area contributed by atoms with Crippen molar-refractivity contribution >= 4 is 5.78 Å². The molecule has 118 valence electrons. The van der Waals surface area contributed by atoms with Crippen molar-refractivity contribution in [3.63, 3.8) is 0 Å². The van der Waals surface area contributed by atoms with Gasteiger partial charge in [-0.1, -0.05) is 13.0 Å². The number of methoxy groups -OCH3 is 1. The standard InChI is InChI=1S/C20H26O2/c1-3-20-11-10-16-15-7-5-14(22-2)12-13(15)4-6-17(16)18(20)8-9-19(20)21/h5,7,12,16-18H,3-4,6,8-11H2,1-2H3/t16-,17-,18-,20?/m1/s1. The fourth-order valence-corrected chi connectivity index (χ4v) is 5.91. The third-order valence-corrected chi connectivity index (χ3v) is 7.01. The van der Waals surface area contributed by atoms with Crippen molar-refractivity contribution < 1.29 is 9.53 Å². The number of ketones is 1. The first-order valence-electron chi connectivity index (χ1n) is 8.89. The van der Waals surface area contributed by atoms with E-state index in [-0.39, 0.29) is 5.41 Å². The molecule has 0 amide bonds. The molecule has 0 radical (unpaired) electrons. The van der Waals surface area contributed by atoms with Gasteiger partial charge < -0.3 is 4.74 Å². The topological polar surface area (TPSA) is 26.3 Å². The lowest BCUT2D eigenvalue weighted by Gasteiger charge is -2.49. The summed E-state index contributed by atoms with van der Waals surface area (Å²) in [5.74, 6) is 3.58. The lowest BCUT2D eigenvalue weighted by molar-refractivity contribution is -0.131. The second-order valence-electron chi connectivity index (χ2n) is 7.49. The molecule has 1 aromatic carbocycles. The van der Waals surface area contributed by atoms with Crippen LogP contribution in [0.5, 0.6) is 5.75 Å². The average molecular weight is 298 g/mol. The lowest BCUT2D eigenvalue weighted by atomic mass is 9.54. The highest BCUT2D eigenvalue weighted by Gasteiger charge is 2.56. The van der Waals surface area contributed by atoms with Crippen molar-refractivity contribution in [2.24, 2.45) is 17.3 Å². The first kappa shape index (κ1) is 14.3. The highest BCUT2D eigenvalue weighted by molar-refractivity contribution is 5.87. The number of carbonyl (C=O) groups excluding carboxylic acids is 1. The summed E-state index contributed by atoms with van der Waals surface area (Å²) in [6.45, 7) is 2.23. The van der Waals surface area contributed by atoms with Crippen molar-refractivity contribution in [3.05, 3.63) is 29.3 Å². The van der Waals surface area contributed by atoms with Crippen LogP contribution < -0.4 is 4.74 Å². The van der Waals surface area contributed by atoms with Crippen LogP contribution in [0.2, 0.25) is 0 Å². The van der Waals surface area contributed by atoms with E-state index in [9.17, 15) is 4.79 Å². The van der Waals surface area contributed by atoms with E-state index in [0.717, 1.165) is 43.8 Å². The molecule has 1 aromatic rings. The number of hydrogen-bond acceptors (Lipinski definition) is 2. The SMILES string of the molecule is CCC12CC[C@@H]3c4ccc(OC)cc4CC[C@H]3[C@H]1CCC2=O. The van der Waals surface area contributed by atoms with E-state index < -0.39 is 0 Å². The molecule has 2 fully saturated rings. The Morgan fingerprint density at radius 3 is 2.86 bits per heavy atom. The average Bonchev–Trinajstić information content (AvgIpc) is 2.91. The largest absolute Gasteiger partial charge is 0.497 e. The van der Waals surface area contributed by atoms with Gasteiger partial charge >= 0.3 is 0 Å². The van der Waals surface area contributed by atoms with Gasteiger partial charge in [-0.05, 0) is 79.5 Å². The van der Waals surface area contributed by atoms with Crippen LogP contribution in [0.25, 0.3) is 0 Å². The zero-order chi connectivity index (χ0) is 15.3. The molecule has 0 bridgehead atoms. The third-order valence-electron chi connectivity index (χ3n) is 7.01. The summed E-state index contributed by atoms with van der Waals surface area (Å²) in [6, 6.07) is 6.64. The Morgan fingerprint density at radius 2 is 2.09 bits per heavy atom. The molecule has 2 saturated carbocycles. The number of fused-ring (bicyclic) bond motifs is 5. The van der Waals surface area contributed by atoms with Crippen molar-refractivity contribution in [2.75, 3.05) is 7.11 Å². The maximum atomic E-state index is 12.5. The highest BCUT2D eigenvalue weighted by atomic mass is 16.5. The summed E-state index contributed by atoms with van der Waals surface area (Å²) in [5.41, 5.74) is 3.06. The van der Waals surface area contributed by atoms with Crippen LogP contribution in [0.15, 0.2) is 18.2 Å². The van der Waals surface area contributed by atoms with Gasteiger partial charge in [-0.25, -0.2) is 0 Å². The minimum Gasteiger partial charge on any atom is -0.497 e. The Hall–Kier alpha value is -1.31. The van der Waals surface area contributed by atoms with Crippen molar-refractivity contribution in [3.8, 4) is 5.75 Å². The Labute approximate surface area is 133 Å². The van der Waals surface area contributed by atoms with E-state index in [1.54, 1.807) is 12.7 Å². The molecule has 3 aliphatic rings. The van der Waals surface area contributed by atoms with Gasteiger partial charge in [-0.3, -0.25) is 4.79 Å². The molecule has 1 unspecified atom stereocenters. The predicted molar refractivity (Wildman–Crippen MR) is 87.2 cm³/mol. The van der Waals surface area contributed by atoms with Crippen LogP contribution in [0, 0.1) is 17.3 Å². The van der Waals surface area contributed by atoms with Gasteiger partial charge in [-0.2, -0.15) is 0 Å². The zero-order valence-corrected chi connectivity index (χ0v) is 13.7. The number of rotatable bonds is 2. The third kappa shape index (κ3) is 1.82. The molecule has 3 aliphatic carbocycles. The van der Waals surface area contributed by atoms with Crippen LogP contribution in [0.4, 0.5) is 0 Å². The highest BCUT2D eigenvalue weighted by Crippen LogP contribution is 2.61. The fraction of sp³-hybridized carbons (Fsp3) is 0.650. The summed E-state index contributed by atoms with van der Waals surface area (Å²) < 4.78 is 5.39. The zero-order valence-electron chi connectivity index (χ0n) is 13.7. The molecule has 0 N–H and O–H groups in total. The smallest absolute Gasteiger partial charge is 0.139 e. The number of hydrogen-bond donors (Lipinski definition) is 0. The van der Waals surface area contributed by atoms with Gasteiger partial charge in [0.2, 0.25) is 0 Å². The van der Waals surface area contributed by atoms with Gasteiger partial charge in [0.05, 0.1) is 7.11 Å². The van der Waals surface area contributed by atoms with Gasteiger partial charge in [0.25, 0.3) is 0 Å². The Morgan fingerprint density at radius 1 is 1.23 bits per heavy atom. The molecule has 0 saturated heterocycles. The van der Waals surface area contributed by atoms with E-state index >= 15 is 0 Å². The molecule has 0 spiro atoms. The summed E-state index contributed by atoms with van der Waals surface area (Å²) in [7, 11) is 1.74. The van der Waals surface area contributed by atoms with E-state index in [4.69, 9.17) is 4.74 Å². The minimum atomic E-state index is 0.0329.